The van der Waals surface area contributed by atoms with Gasteiger partial charge in [0.05, 0.1) is 18.4 Å². The molecule has 1 N–H and O–H groups in total. The number of hydrogen-bond acceptors (Lipinski definition) is 4. The zero-order chi connectivity index (χ0) is 14.8. The van der Waals surface area contributed by atoms with E-state index in [-0.39, 0.29) is 12.1 Å². The van der Waals surface area contributed by atoms with Gasteiger partial charge in [0, 0.05) is 11.8 Å². The molecule has 0 saturated heterocycles. The largest absolute Gasteiger partial charge is 0.328 e. The fraction of sp³-hybridized carbons (Fsp3) is 0.143. The van der Waals surface area contributed by atoms with Crippen LogP contribution in [0, 0.1) is 6.92 Å². The highest BCUT2D eigenvalue weighted by atomic mass is 16.2. The molecule has 0 bridgehead atoms. The minimum Gasteiger partial charge on any atom is -0.294 e. The first kappa shape index (κ1) is 13.0. The Kier molecular flexibility index (Phi) is 3.23. The molecule has 3 aromatic rings. The van der Waals surface area contributed by atoms with E-state index in [1.165, 1.54) is 10.8 Å². The van der Waals surface area contributed by atoms with Crippen molar-refractivity contribution in [1.82, 2.24) is 24.5 Å². The van der Waals surface area contributed by atoms with Crippen molar-refractivity contribution in [2.45, 2.75) is 13.5 Å². The molecule has 0 aliphatic rings. The molecule has 0 aliphatic heterocycles. The van der Waals surface area contributed by atoms with Gasteiger partial charge in [-0.05, 0) is 19.1 Å². The van der Waals surface area contributed by atoms with Gasteiger partial charge in [-0.1, -0.05) is 23.4 Å². The van der Waals surface area contributed by atoms with E-state index in [0.29, 0.717) is 11.3 Å². The first-order chi connectivity index (χ1) is 10.1. The third-order valence-electron chi connectivity index (χ3n) is 3.08. The zero-order valence-electron chi connectivity index (χ0n) is 11.4. The van der Waals surface area contributed by atoms with Crippen molar-refractivity contribution in [3.63, 3.8) is 0 Å². The molecular weight excluding hydrogens is 270 g/mol. The molecule has 0 unspecified atom stereocenters. The molecule has 3 rings (SSSR count). The molecule has 2 aromatic heterocycles. The molecule has 21 heavy (non-hydrogen) atoms. The molecule has 0 amide bonds. The predicted octanol–water partition coefficient (Wildman–Crippen LogP) is 0.474. The molecule has 0 aliphatic carbocycles. The van der Waals surface area contributed by atoms with Crippen LogP contribution in [-0.4, -0.2) is 24.5 Å². The van der Waals surface area contributed by atoms with E-state index in [0.717, 1.165) is 5.69 Å². The Hall–Kier alpha value is -2.96. The summed E-state index contributed by atoms with van der Waals surface area (Å²) in [6.07, 6.45) is 3.27. The van der Waals surface area contributed by atoms with Crippen LogP contribution in [0.25, 0.3) is 5.69 Å². The SMILES string of the molecule is Cc1cn(Cc2cn(-c3ccccc3)nn2)c(=O)[nH]c1=O. The fourth-order valence-corrected chi connectivity index (χ4v) is 1.99. The number of aromatic amines is 1. The number of rotatable bonds is 3. The molecule has 0 saturated carbocycles. The van der Waals surface area contributed by atoms with E-state index in [1.807, 2.05) is 30.3 Å². The summed E-state index contributed by atoms with van der Waals surface area (Å²) in [6, 6.07) is 9.56. The summed E-state index contributed by atoms with van der Waals surface area (Å²) in [6.45, 7) is 1.90. The topological polar surface area (TPSA) is 85.6 Å². The van der Waals surface area contributed by atoms with Gasteiger partial charge in [-0.2, -0.15) is 0 Å². The normalized spacial score (nSPS) is 10.7. The molecule has 106 valence electrons. The Morgan fingerprint density at radius 1 is 1.14 bits per heavy atom. The van der Waals surface area contributed by atoms with Crippen molar-refractivity contribution in [2.24, 2.45) is 0 Å². The standard InChI is InChI=1S/C14H13N5O2/c1-10-7-18(14(21)15-13(10)20)8-11-9-19(17-16-11)12-5-3-2-4-6-12/h2-7,9H,8H2,1H3,(H,15,20,21). The first-order valence-corrected chi connectivity index (χ1v) is 6.40. The monoisotopic (exact) mass is 283 g/mol. The quantitative estimate of drug-likeness (QED) is 0.757. The lowest BCUT2D eigenvalue weighted by atomic mass is 10.3. The van der Waals surface area contributed by atoms with Crippen LogP contribution in [0.15, 0.2) is 52.3 Å². The minimum absolute atomic E-state index is 0.253. The van der Waals surface area contributed by atoms with Crippen LogP contribution < -0.4 is 11.2 Å². The number of aromatic nitrogens is 5. The van der Waals surface area contributed by atoms with Crippen LogP contribution in [-0.2, 0) is 6.54 Å². The van der Waals surface area contributed by atoms with Gasteiger partial charge in [0.1, 0.15) is 5.69 Å². The molecule has 0 fully saturated rings. The van der Waals surface area contributed by atoms with E-state index in [9.17, 15) is 9.59 Å². The molecule has 7 nitrogen and oxygen atoms in total. The summed E-state index contributed by atoms with van der Waals surface area (Å²) in [5.74, 6) is 0. The molecule has 7 heteroatoms. The lowest BCUT2D eigenvalue weighted by Crippen LogP contribution is -2.31. The average Bonchev–Trinajstić information content (AvgIpc) is 2.94. The highest BCUT2D eigenvalue weighted by molar-refractivity contribution is 5.29. The van der Waals surface area contributed by atoms with Gasteiger partial charge in [0.25, 0.3) is 5.56 Å². The highest BCUT2D eigenvalue weighted by Crippen LogP contribution is 2.06. The average molecular weight is 283 g/mol. The lowest BCUT2D eigenvalue weighted by molar-refractivity contribution is 0.694. The predicted molar refractivity (Wildman–Crippen MR) is 76.5 cm³/mol. The Bertz CT molecular complexity index is 876. The fourth-order valence-electron chi connectivity index (χ4n) is 1.99. The van der Waals surface area contributed by atoms with Crippen molar-refractivity contribution in [3.8, 4) is 5.69 Å². The van der Waals surface area contributed by atoms with Gasteiger partial charge in [0.15, 0.2) is 0 Å². The summed E-state index contributed by atoms with van der Waals surface area (Å²) in [5, 5.41) is 8.07. The molecule has 0 spiro atoms. The van der Waals surface area contributed by atoms with Gasteiger partial charge in [-0.3, -0.25) is 14.3 Å². The van der Waals surface area contributed by atoms with Crippen molar-refractivity contribution in [2.75, 3.05) is 0 Å². The second-order valence-corrected chi connectivity index (χ2v) is 4.69. The number of H-pyrrole nitrogens is 1. The Morgan fingerprint density at radius 2 is 1.90 bits per heavy atom. The summed E-state index contributed by atoms with van der Waals surface area (Å²) in [4.78, 5) is 25.3. The lowest BCUT2D eigenvalue weighted by Gasteiger charge is -2.02. The van der Waals surface area contributed by atoms with Crippen molar-refractivity contribution in [3.05, 3.63) is 74.8 Å². The molecule has 0 atom stereocenters. The zero-order valence-corrected chi connectivity index (χ0v) is 11.4. The van der Waals surface area contributed by atoms with E-state index in [1.54, 1.807) is 17.8 Å². The minimum atomic E-state index is -0.458. The van der Waals surface area contributed by atoms with E-state index in [4.69, 9.17) is 0 Å². The third kappa shape index (κ3) is 2.66. The number of nitrogens with zero attached hydrogens (tertiary/aromatic N) is 4. The summed E-state index contributed by atoms with van der Waals surface area (Å²) < 4.78 is 3.04. The maximum absolute atomic E-state index is 11.7. The van der Waals surface area contributed by atoms with Gasteiger partial charge in [0.2, 0.25) is 0 Å². The van der Waals surface area contributed by atoms with Crippen LogP contribution >= 0.6 is 0 Å². The van der Waals surface area contributed by atoms with Crippen LogP contribution in [0.4, 0.5) is 0 Å². The number of aryl methyl sites for hydroxylation is 1. The maximum atomic E-state index is 11.7. The Balaban J connectivity index is 1.90. The van der Waals surface area contributed by atoms with Crippen molar-refractivity contribution in [1.29, 1.82) is 0 Å². The van der Waals surface area contributed by atoms with Gasteiger partial charge < -0.3 is 0 Å². The molecular formula is C14H13N5O2. The summed E-state index contributed by atoms with van der Waals surface area (Å²) in [5.41, 5.74) is 1.17. The van der Waals surface area contributed by atoms with E-state index >= 15 is 0 Å². The summed E-state index contributed by atoms with van der Waals surface area (Å²) >= 11 is 0. The van der Waals surface area contributed by atoms with E-state index in [2.05, 4.69) is 15.3 Å². The third-order valence-corrected chi connectivity index (χ3v) is 3.08. The number of nitrogens with one attached hydrogen (secondary N) is 1. The smallest absolute Gasteiger partial charge is 0.294 e. The second kappa shape index (κ2) is 5.20. The van der Waals surface area contributed by atoms with Crippen molar-refractivity contribution < 1.29 is 0 Å². The first-order valence-electron chi connectivity index (χ1n) is 6.40. The Labute approximate surface area is 119 Å². The van der Waals surface area contributed by atoms with Gasteiger partial charge >= 0.3 is 5.69 Å². The molecule has 0 radical (unpaired) electrons. The number of hydrogen-bond donors (Lipinski definition) is 1. The number of benzene rings is 1. The summed E-state index contributed by atoms with van der Waals surface area (Å²) in [7, 11) is 0. The van der Waals surface area contributed by atoms with Crippen LogP contribution in [0.3, 0.4) is 0 Å². The van der Waals surface area contributed by atoms with Gasteiger partial charge in [-0.25, -0.2) is 9.48 Å². The van der Waals surface area contributed by atoms with Gasteiger partial charge in [-0.15, -0.1) is 5.10 Å². The van der Waals surface area contributed by atoms with Crippen LogP contribution in [0.1, 0.15) is 11.3 Å². The van der Waals surface area contributed by atoms with Crippen LogP contribution in [0.5, 0.6) is 0 Å². The second-order valence-electron chi connectivity index (χ2n) is 4.69. The molecule has 2 heterocycles. The van der Waals surface area contributed by atoms with E-state index < -0.39 is 5.69 Å². The maximum Gasteiger partial charge on any atom is 0.328 e. The molecule has 1 aromatic carbocycles. The highest BCUT2D eigenvalue weighted by Gasteiger charge is 2.06. The van der Waals surface area contributed by atoms with Crippen LogP contribution in [0.2, 0.25) is 0 Å². The Morgan fingerprint density at radius 3 is 2.67 bits per heavy atom. The number of para-hydroxylation sites is 1. The van der Waals surface area contributed by atoms with Crippen molar-refractivity contribution >= 4 is 0 Å².